The van der Waals surface area contributed by atoms with Crippen LogP contribution in [0.15, 0.2) is 51.7 Å². The van der Waals surface area contributed by atoms with E-state index in [1.165, 1.54) is 19.1 Å². The van der Waals surface area contributed by atoms with Crippen LogP contribution in [-0.2, 0) is 4.79 Å². The Bertz CT molecular complexity index is 1100. The standard InChI is InChI=1S/C20H15ClO6/c1-11-8-17(23)27-20-15(11)6-7-16(19(20)12(2)22)26-18(24)10-25-14-5-3-4-13(21)9-14/h3-9H,10H2,1-2H3. The van der Waals surface area contributed by atoms with E-state index in [0.717, 1.165) is 0 Å². The molecule has 3 rings (SSSR count). The molecule has 0 radical (unpaired) electrons. The first-order valence-corrected chi connectivity index (χ1v) is 8.40. The van der Waals surface area contributed by atoms with Crippen LogP contribution in [0.2, 0.25) is 5.02 Å². The van der Waals surface area contributed by atoms with Crippen molar-refractivity contribution in [2.45, 2.75) is 13.8 Å². The van der Waals surface area contributed by atoms with Gasteiger partial charge in [0.2, 0.25) is 0 Å². The average molecular weight is 387 g/mol. The third-order valence-corrected chi connectivity index (χ3v) is 4.05. The van der Waals surface area contributed by atoms with E-state index >= 15 is 0 Å². The predicted molar refractivity (Wildman–Crippen MR) is 99.8 cm³/mol. The minimum absolute atomic E-state index is 0.00319. The first-order valence-electron chi connectivity index (χ1n) is 8.02. The second-order valence-electron chi connectivity index (χ2n) is 5.84. The number of carbonyl (C=O) groups is 2. The summed E-state index contributed by atoms with van der Waals surface area (Å²) in [6.45, 7) is 2.65. The van der Waals surface area contributed by atoms with Crippen molar-refractivity contribution in [2.75, 3.05) is 6.61 Å². The Kier molecular flexibility index (Phi) is 5.28. The van der Waals surface area contributed by atoms with Crippen molar-refractivity contribution in [1.29, 1.82) is 0 Å². The van der Waals surface area contributed by atoms with E-state index in [9.17, 15) is 14.4 Å². The van der Waals surface area contributed by atoms with Gasteiger partial charge in [-0.25, -0.2) is 9.59 Å². The van der Waals surface area contributed by atoms with Crippen molar-refractivity contribution in [3.05, 3.63) is 69.0 Å². The molecule has 1 heterocycles. The number of rotatable bonds is 5. The molecule has 0 N–H and O–H groups in total. The third kappa shape index (κ3) is 4.17. The lowest BCUT2D eigenvalue weighted by molar-refractivity contribution is -0.136. The molecule has 0 saturated heterocycles. The van der Waals surface area contributed by atoms with Gasteiger partial charge in [-0.05, 0) is 49.7 Å². The average Bonchev–Trinajstić information content (AvgIpc) is 2.59. The molecule has 0 spiro atoms. The first-order chi connectivity index (χ1) is 12.8. The normalized spacial score (nSPS) is 10.6. The molecule has 0 aliphatic rings. The molecule has 0 atom stereocenters. The van der Waals surface area contributed by atoms with Gasteiger partial charge in [0.15, 0.2) is 18.0 Å². The molecule has 0 unspecified atom stereocenters. The van der Waals surface area contributed by atoms with Crippen molar-refractivity contribution in [3.8, 4) is 11.5 Å². The molecule has 0 aliphatic heterocycles. The fourth-order valence-electron chi connectivity index (χ4n) is 2.64. The number of hydrogen-bond donors (Lipinski definition) is 0. The summed E-state index contributed by atoms with van der Waals surface area (Å²) in [7, 11) is 0. The number of carbonyl (C=O) groups excluding carboxylic acids is 2. The number of ketones is 1. The fourth-order valence-corrected chi connectivity index (χ4v) is 2.82. The summed E-state index contributed by atoms with van der Waals surface area (Å²) in [5.74, 6) is -0.699. The molecule has 0 fully saturated rings. The number of aryl methyl sites for hydroxylation is 1. The van der Waals surface area contributed by atoms with Gasteiger partial charge in [0.25, 0.3) is 0 Å². The second kappa shape index (κ2) is 7.63. The van der Waals surface area contributed by atoms with E-state index in [2.05, 4.69) is 0 Å². The number of esters is 1. The van der Waals surface area contributed by atoms with Gasteiger partial charge in [-0.2, -0.15) is 0 Å². The monoisotopic (exact) mass is 386 g/mol. The topological polar surface area (TPSA) is 82.8 Å². The van der Waals surface area contributed by atoms with Crippen molar-refractivity contribution in [3.63, 3.8) is 0 Å². The van der Waals surface area contributed by atoms with Crippen LogP contribution < -0.4 is 15.1 Å². The van der Waals surface area contributed by atoms with Crippen molar-refractivity contribution in [1.82, 2.24) is 0 Å². The van der Waals surface area contributed by atoms with Gasteiger partial charge in [0.1, 0.15) is 17.1 Å². The maximum absolute atomic E-state index is 12.1. The lowest BCUT2D eigenvalue weighted by atomic mass is 10.0. The second-order valence-corrected chi connectivity index (χ2v) is 6.28. The molecular formula is C20H15ClO6. The van der Waals surface area contributed by atoms with E-state index in [1.54, 1.807) is 37.3 Å². The third-order valence-electron chi connectivity index (χ3n) is 3.81. The molecule has 7 heteroatoms. The van der Waals surface area contributed by atoms with E-state index in [0.29, 0.717) is 21.7 Å². The molecule has 3 aromatic rings. The minimum atomic E-state index is -0.716. The van der Waals surface area contributed by atoms with Gasteiger partial charge < -0.3 is 13.9 Å². The zero-order valence-corrected chi connectivity index (χ0v) is 15.3. The van der Waals surface area contributed by atoms with Crippen LogP contribution in [0, 0.1) is 6.92 Å². The van der Waals surface area contributed by atoms with Gasteiger partial charge >= 0.3 is 11.6 Å². The fraction of sp³-hybridized carbons (Fsp3) is 0.150. The van der Waals surface area contributed by atoms with Gasteiger partial charge in [-0.15, -0.1) is 0 Å². The van der Waals surface area contributed by atoms with Crippen LogP contribution in [0.5, 0.6) is 11.5 Å². The Morgan fingerprint density at radius 2 is 1.93 bits per heavy atom. The van der Waals surface area contributed by atoms with Gasteiger partial charge in [-0.3, -0.25) is 4.79 Å². The van der Waals surface area contributed by atoms with E-state index in [-0.39, 0.29) is 23.5 Å². The molecule has 0 amide bonds. The smallest absolute Gasteiger partial charge is 0.349 e. The molecular weight excluding hydrogens is 372 g/mol. The molecule has 2 aromatic carbocycles. The zero-order chi connectivity index (χ0) is 19.6. The largest absolute Gasteiger partial charge is 0.482 e. The number of benzene rings is 2. The highest BCUT2D eigenvalue weighted by molar-refractivity contribution is 6.30. The molecule has 138 valence electrons. The lowest BCUT2D eigenvalue weighted by Gasteiger charge is -2.11. The lowest BCUT2D eigenvalue weighted by Crippen LogP contribution is -2.19. The maximum atomic E-state index is 12.1. The Balaban J connectivity index is 1.88. The van der Waals surface area contributed by atoms with Crippen LogP contribution in [0.25, 0.3) is 11.0 Å². The van der Waals surface area contributed by atoms with Crippen molar-refractivity contribution >= 4 is 34.3 Å². The summed E-state index contributed by atoms with van der Waals surface area (Å²) in [6, 6.07) is 11.0. The maximum Gasteiger partial charge on any atom is 0.349 e. The summed E-state index contributed by atoms with van der Waals surface area (Å²) in [5, 5.41) is 1.06. The summed E-state index contributed by atoms with van der Waals surface area (Å²) in [5.41, 5.74) is 0.194. The van der Waals surface area contributed by atoms with Crippen LogP contribution >= 0.6 is 11.6 Å². The number of Topliss-reactive ketones (excluding diaryl/α,β-unsaturated/α-hetero) is 1. The van der Waals surface area contributed by atoms with Crippen molar-refractivity contribution < 1.29 is 23.5 Å². The highest BCUT2D eigenvalue weighted by Gasteiger charge is 2.19. The van der Waals surface area contributed by atoms with Crippen LogP contribution in [0.3, 0.4) is 0 Å². The summed E-state index contributed by atoms with van der Waals surface area (Å²) in [4.78, 5) is 35.9. The Labute approximate surface area is 159 Å². The van der Waals surface area contributed by atoms with E-state index in [1.807, 2.05) is 0 Å². The van der Waals surface area contributed by atoms with Crippen LogP contribution in [0.4, 0.5) is 0 Å². The quantitative estimate of drug-likeness (QED) is 0.286. The molecule has 0 aliphatic carbocycles. The number of halogens is 1. The Hall–Kier alpha value is -3.12. The van der Waals surface area contributed by atoms with Gasteiger partial charge in [-0.1, -0.05) is 17.7 Å². The molecule has 27 heavy (non-hydrogen) atoms. The Morgan fingerprint density at radius 3 is 2.63 bits per heavy atom. The van der Waals surface area contributed by atoms with Gasteiger partial charge in [0, 0.05) is 16.5 Å². The zero-order valence-electron chi connectivity index (χ0n) is 14.6. The van der Waals surface area contributed by atoms with Crippen LogP contribution in [-0.4, -0.2) is 18.4 Å². The van der Waals surface area contributed by atoms with Crippen LogP contribution in [0.1, 0.15) is 22.8 Å². The predicted octanol–water partition coefficient (Wildman–Crippen LogP) is 3.94. The highest BCUT2D eigenvalue weighted by atomic mass is 35.5. The van der Waals surface area contributed by atoms with Crippen molar-refractivity contribution in [2.24, 2.45) is 0 Å². The SMILES string of the molecule is CC(=O)c1c(OC(=O)COc2cccc(Cl)c2)ccc2c(C)cc(=O)oc12. The van der Waals surface area contributed by atoms with Gasteiger partial charge in [0.05, 0.1) is 0 Å². The minimum Gasteiger partial charge on any atom is -0.482 e. The molecule has 0 saturated carbocycles. The number of fused-ring (bicyclic) bond motifs is 1. The highest BCUT2D eigenvalue weighted by Crippen LogP contribution is 2.29. The summed E-state index contributed by atoms with van der Waals surface area (Å²) < 4.78 is 15.8. The summed E-state index contributed by atoms with van der Waals surface area (Å²) in [6.07, 6.45) is 0. The molecule has 0 bridgehead atoms. The summed E-state index contributed by atoms with van der Waals surface area (Å²) >= 11 is 5.86. The van der Waals surface area contributed by atoms with E-state index in [4.69, 9.17) is 25.5 Å². The van der Waals surface area contributed by atoms with E-state index < -0.39 is 17.4 Å². The number of hydrogen-bond acceptors (Lipinski definition) is 6. The molecule has 6 nitrogen and oxygen atoms in total. The number of ether oxygens (including phenoxy) is 2. The Morgan fingerprint density at radius 1 is 1.15 bits per heavy atom. The first kappa shape index (κ1) is 18.7. The molecule has 1 aromatic heterocycles.